The van der Waals surface area contributed by atoms with Gasteiger partial charge in [-0.25, -0.2) is 0 Å². The molecular formula is C15H26N2. The minimum Gasteiger partial charge on any atom is -0.326 e. The van der Waals surface area contributed by atoms with Gasteiger partial charge < -0.3 is 11.1 Å². The summed E-state index contributed by atoms with van der Waals surface area (Å²) in [7, 11) is 0. The van der Waals surface area contributed by atoms with Crippen LogP contribution in [0.25, 0.3) is 0 Å². The predicted molar refractivity (Wildman–Crippen MR) is 74.9 cm³/mol. The van der Waals surface area contributed by atoms with Crippen LogP contribution in [0.4, 0.5) is 0 Å². The highest BCUT2D eigenvalue weighted by Gasteiger charge is 2.07. The van der Waals surface area contributed by atoms with E-state index in [-0.39, 0.29) is 0 Å². The van der Waals surface area contributed by atoms with E-state index in [9.17, 15) is 0 Å². The molecule has 0 aliphatic carbocycles. The lowest BCUT2D eigenvalue weighted by atomic mass is 10.0. The molecule has 0 aliphatic rings. The summed E-state index contributed by atoms with van der Waals surface area (Å²) in [5.41, 5.74) is 8.19. The Hall–Kier alpha value is -0.860. The summed E-state index contributed by atoms with van der Waals surface area (Å²) in [4.78, 5) is 0. The van der Waals surface area contributed by atoms with Crippen molar-refractivity contribution >= 4 is 0 Å². The molecule has 2 nitrogen and oxygen atoms in total. The van der Waals surface area contributed by atoms with Crippen molar-refractivity contribution in [3.05, 3.63) is 35.4 Å². The van der Waals surface area contributed by atoms with Crippen LogP contribution in [0.2, 0.25) is 0 Å². The van der Waals surface area contributed by atoms with E-state index in [0.717, 1.165) is 13.0 Å². The third-order valence-electron chi connectivity index (χ3n) is 3.20. The van der Waals surface area contributed by atoms with Crippen LogP contribution in [-0.2, 0) is 6.54 Å². The van der Waals surface area contributed by atoms with Crippen LogP contribution < -0.4 is 11.1 Å². The average Bonchev–Trinajstić information content (AvgIpc) is 2.39. The Morgan fingerprint density at radius 3 is 2.35 bits per heavy atom. The highest BCUT2D eigenvalue weighted by atomic mass is 14.9. The van der Waals surface area contributed by atoms with E-state index in [0.29, 0.717) is 12.6 Å². The molecule has 2 heteroatoms. The molecular weight excluding hydrogens is 208 g/mol. The van der Waals surface area contributed by atoms with Crippen molar-refractivity contribution in [3.8, 4) is 0 Å². The molecule has 1 atom stereocenters. The van der Waals surface area contributed by atoms with Gasteiger partial charge in [0.05, 0.1) is 0 Å². The second kappa shape index (κ2) is 8.26. The third-order valence-corrected chi connectivity index (χ3v) is 3.20. The molecule has 0 radical (unpaired) electrons. The van der Waals surface area contributed by atoms with Gasteiger partial charge in [0.15, 0.2) is 0 Å². The Morgan fingerprint density at radius 2 is 1.82 bits per heavy atom. The largest absolute Gasteiger partial charge is 0.326 e. The monoisotopic (exact) mass is 234 g/mol. The zero-order chi connectivity index (χ0) is 12.5. The van der Waals surface area contributed by atoms with Crippen LogP contribution in [0.15, 0.2) is 24.3 Å². The zero-order valence-electron chi connectivity index (χ0n) is 11.2. The predicted octanol–water partition coefficient (Wildman–Crippen LogP) is 3.38. The SMILES string of the molecule is CCCCCNC(CC)c1ccc(CN)cc1. The van der Waals surface area contributed by atoms with Gasteiger partial charge in [0.1, 0.15) is 0 Å². The number of benzene rings is 1. The van der Waals surface area contributed by atoms with Crippen molar-refractivity contribution < 1.29 is 0 Å². The van der Waals surface area contributed by atoms with Gasteiger partial charge >= 0.3 is 0 Å². The highest BCUT2D eigenvalue weighted by Crippen LogP contribution is 2.17. The maximum atomic E-state index is 5.61. The Morgan fingerprint density at radius 1 is 1.12 bits per heavy atom. The summed E-state index contributed by atoms with van der Waals surface area (Å²) >= 11 is 0. The molecule has 0 saturated carbocycles. The van der Waals surface area contributed by atoms with Gasteiger partial charge in [-0.3, -0.25) is 0 Å². The number of unbranched alkanes of at least 4 members (excludes halogenated alkanes) is 2. The summed E-state index contributed by atoms with van der Waals surface area (Å²) in [6, 6.07) is 9.14. The second-order valence-electron chi connectivity index (χ2n) is 4.57. The van der Waals surface area contributed by atoms with Crippen molar-refractivity contribution in [1.29, 1.82) is 0 Å². The fraction of sp³-hybridized carbons (Fsp3) is 0.600. The van der Waals surface area contributed by atoms with Gasteiger partial charge in [-0.1, -0.05) is 51.0 Å². The Balaban J connectivity index is 2.47. The molecule has 0 spiro atoms. The summed E-state index contributed by atoms with van der Waals surface area (Å²) in [5, 5.41) is 3.63. The van der Waals surface area contributed by atoms with Crippen molar-refractivity contribution in [1.82, 2.24) is 5.32 Å². The zero-order valence-corrected chi connectivity index (χ0v) is 11.2. The quantitative estimate of drug-likeness (QED) is 0.677. The lowest BCUT2D eigenvalue weighted by Crippen LogP contribution is -2.21. The molecule has 0 amide bonds. The van der Waals surface area contributed by atoms with Crippen LogP contribution in [0.3, 0.4) is 0 Å². The molecule has 3 N–H and O–H groups in total. The fourth-order valence-corrected chi connectivity index (χ4v) is 2.04. The van der Waals surface area contributed by atoms with Crippen molar-refractivity contribution in [3.63, 3.8) is 0 Å². The molecule has 0 aromatic heterocycles. The maximum Gasteiger partial charge on any atom is 0.0317 e. The summed E-state index contributed by atoms with van der Waals surface area (Å²) in [6.45, 7) is 6.21. The van der Waals surface area contributed by atoms with Crippen LogP contribution >= 0.6 is 0 Å². The van der Waals surface area contributed by atoms with Gasteiger partial charge in [-0.05, 0) is 30.5 Å². The van der Waals surface area contributed by atoms with E-state index >= 15 is 0 Å². The molecule has 0 bridgehead atoms. The molecule has 0 saturated heterocycles. The Labute approximate surface area is 106 Å². The van der Waals surface area contributed by atoms with E-state index < -0.39 is 0 Å². The van der Waals surface area contributed by atoms with Gasteiger partial charge in [0.2, 0.25) is 0 Å². The van der Waals surface area contributed by atoms with E-state index in [1.54, 1.807) is 0 Å². The molecule has 96 valence electrons. The van der Waals surface area contributed by atoms with Crippen LogP contribution in [0, 0.1) is 0 Å². The van der Waals surface area contributed by atoms with Crippen molar-refractivity contribution in [2.75, 3.05) is 6.54 Å². The molecule has 0 heterocycles. The molecule has 1 rings (SSSR count). The Bertz CT molecular complexity index is 292. The lowest BCUT2D eigenvalue weighted by Gasteiger charge is -2.17. The van der Waals surface area contributed by atoms with Crippen LogP contribution in [-0.4, -0.2) is 6.54 Å². The van der Waals surface area contributed by atoms with Gasteiger partial charge in [-0.2, -0.15) is 0 Å². The maximum absolute atomic E-state index is 5.61. The van der Waals surface area contributed by atoms with E-state index in [1.807, 2.05) is 0 Å². The van der Waals surface area contributed by atoms with Gasteiger partial charge in [0, 0.05) is 12.6 Å². The summed E-state index contributed by atoms with van der Waals surface area (Å²) < 4.78 is 0. The molecule has 17 heavy (non-hydrogen) atoms. The third kappa shape index (κ3) is 4.88. The second-order valence-corrected chi connectivity index (χ2v) is 4.57. The Kier molecular flexibility index (Phi) is 6.90. The van der Waals surface area contributed by atoms with Crippen molar-refractivity contribution in [2.24, 2.45) is 5.73 Å². The minimum absolute atomic E-state index is 0.485. The fourth-order valence-electron chi connectivity index (χ4n) is 2.04. The molecule has 0 aliphatic heterocycles. The van der Waals surface area contributed by atoms with Crippen molar-refractivity contribution in [2.45, 2.75) is 52.1 Å². The van der Waals surface area contributed by atoms with E-state index in [1.165, 1.54) is 30.4 Å². The topological polar surface area (TPSA) is 38.0 Å². The molecule has 1 unspecified atom stereocenters. The molecule has 1 aromatic rings. The number of nitrogens with one attached hydrogen (secondary N) is 1. The number of nitrogens with two attached hydrogens (primary N) is 1. The number of hydrogen-bond donors (Lipinski definition) is 2. The first-order valence-electron chi connectivity index (χ1n) is 6.84. The average molecular weight is 234 g/mol. The molecule has 0 fully saturated rings. The lowest BCUT2D eigenvalue weighted by molar-refractivity contribution is 0.501. The highest BCUT2D eigenvalue weighted by molar-refractivity contribution is 5.24. The standard InChI is InChI=1S/C15H26N2/c1-3-5-6-11-17-15(4-2)14-9-7-13(12-16)8-10-14/h7-10,15,17H,3-6,11-12,16H2,1-2H3. The van der Waals surface area contributed by atoms with Crippen LogP contribution in [0.1, 0.15) is 56.7 Å². The normalized spacial score (nSPS) is 12.6. The first kappa shape index (κ1) is 14.2. The minimum atomic E-state index is 0.485. The van der Waals surface area contributed by atoms with Gasteiger partial charge in [0.25, 0.3) is 0 Å². The first-order chi connectivity index (χ1) is 8.31. The number of hydrogen-bond acceptors (Lipinski definition) is 2. The smallest absolute Gasteiger partial charge is 0.0317 e. The van der Waals surface area contributed by atoms with Gasteiger partial charge in [-0.15, -0.1) is 0 Å². The summed E-state index contributed by atoms with van der Waals surface area (Å²) in [6.07, 6.45) is 5.00. The van der Waals surface area contributed by atoms with E-state index in [4.69, 9.17) is 5.73 Å². The summed E-state index contributed by atoms with van der Waals surface area (Å²) in [5.74, 6) is 0. The van der Waals surface area contributed by atoms with E-state index in [2.05, 4.69) is 43.4 Å². The van der Waals surface area contributed by atoms with Crippen LogP contribution in [0.5, 0.6) is 0 Å². The number of rotatable bonds is 8. The first-order valence-corrected chi connectivity index (χ1v) is 6.84. The molecule has 1 aromatic carbocycles.